The number of carbonyl (C=O) groups is 2. The summed E-state index contributed by atoms with van der Waals surface area (Å²) in [5.41, 5.74) is 0. The molecule has 12 heavy (non-hydrogen) atoms. The molecule has 0 bridgehead atoms. The summed E-state index contributed by atoms with van der Waals surface area (Å²) < 4.78 is 0. The zero-order valence-electron chi connectivity index (χ0n) is 6.75. The maximum absolute atomic E-state index is 10.5. The monoisotopic (exact) mass is 171 g/mol. The first-order chi connectivity index (χ1) is 5.56. The number of carbonyl (C=O) groups excluding carboxylic acids is 3. The Morgan fingerprint density at radius 3 is 1.92 bits per heavy atom. The number of hydrogen-bond acceptors (Lipinski definition) is 4. The van der Waals surface area contributed by atoms with Crippen LogP contribution in [0.25, 0.3) is 0 Å². The lowest BCUT2D eigenvalue weighted by molar-refractivity contribution is -0.122. The molecule has 0 atom stereocenters. The highest BCUT2D eigenvalue weighted by molar-refractivity contribution is 5.76. The van der Waals surface area contributed by atoms with Crippen molar-refractivity contribution in [2.45, 2.75) is 20.1 Å². The van der Waals surface area contributed by atoms with Crippen molar-refractivity contribution in [1.29, 1.82) is 0 Å². The van der Waals surface area contributed by atoms with Crippen molar-refractivity contribution in [1.82, 2.24) is 10.6 Å². The second kappa shape index (κ2) is 5.03. The normalized spacial score (nSPS) is 8.58. The average Bonchev–Trinajstić information content (AvgIpc) is 1.84. The van der Waals surface area contributed by atoms with Gasteiger partial charge >= 0.3 is 0 Å². The Bertz CT molecular complexity index is 216. The van der Waals surface area contributed by atoms with Gasteiger partial charge in [-0.25, -0.2) is 4.79 Å². The van der Waals surface area contributed by atoms with Gasteiger partial charge in [0.2, 0.25) is 24.2 Å². The van der Waals surface area contributed by atoms with E-state index in [0.717, 1.165) is 0 Å². The fraction of sp³-hybridized carbons (Fsp3) is 0.500. The van der Waals surface area contributed by atoms with Gasteiger partial charge in [-0.2, -0.15) is 4.99 Å². The Labute approximate surface area is 69.0 Å². The quantitative estimate of drug-likeness (QED) is 0.320. The standard InChI is InChI=1S/C6H9N3O3/c1-4(11)8-6(7-3-10)9-5(2)12/h6H,1-2H3,(H,8,11)(H,9,12). The Hall–Kier alpha value is -1.68. The molecular formula is C6H9N3O3. The van der Waals surface area contributed by atoms with E-state index in [-0.39, 0.29) is 0 Å². The van der Waals surface area contributed by atoms with Gasteiger partial charge in [-0.1, -0.05) is 0 Å². The number of aliphatic imine (C=N–C) groups is 1. The lowest BCUT2D eigenvalue weighted by Gasteiger charge is -2.10. The van der Waals surface area contributed by atoms with Crippen molar-refractivity contribution in [2.75, 3.05) is 0 Å². The molecule has 0 aromatic heterocycles. The summed E-state index contributed by atoms with van der Waals surface area (Å²) >= 11 is 0. The molecule has 0 aromatic rings. The third-order valence-corrected chi connectivity index (χ3v) is 0.862. The number of nitrogens with zero attached hydrogens (tertiary/aromatic N) is 1. The van der Waals surface area contributed by atoms with Crippen LogP contribution in [0.2, 0.25) is 0 Å². The van der Waals surface area contributed by atoms with Crippen LogP contribution >= 0.6 is 0 Å². The van der Waals surface area contributed by atoms with Crippen molar-refractivity contribution in [3.63, 3.8) is 0 Å². The molecule has 0 saturated heterocycles. The Kier molecular flexibility index (Phi) is 4.33. The Morgan fingerprint density at radius 1 is 1.25 bits per heavy atom. The minimum absolute atomic E-state index is 0.396. The van der Waals surface area contributed by atoms with Crippen LogP contribution in [-0.2, 0) is 14.4 Å². The zero-order valence-corrected chi connectivity index (χ0v) is 6.75. The van der Waals surface area contributed by atoms with Crippen LogP contribution < -0.4 is 10.6 Å². The molecule has 0 unspecified atom stereocenters. The molecule has 0 radical (unpaired) electrons. The van der Waals surface area contributed by atoms with Gasteiger partial charge in [0.05, 0.1) is 0 Å². The minimum Gasteiger partial charge on any atom is -0.317 e. The van der Waals surface area contributed by atoms with E-state index in [4.69, 9.17) is 0 Å². The molecule has 0 aliphatic rings. The van der Waals surface area contributed by atoms with E-state index in [1.807, 2.05) is 0 Å². The van der Waals surface area contributed by atoms with Gasteiger partial charge in [0, 0.05) is 13.8 Å². The molecule has 0 aromatic carbocycles. The summed E-state index contributed by atoms with van der Waals surface area (Å²) in [6.07, 6.45) is 0.208. The summed E-state index contributed by atoms with van der Waals surface area (Å²) in [7, 11) is 0. The van der Waals surface area contributed by atoms with E-state index in [1.165, 1.54) is 19.9 Å². The van der Waals surface area contributed by atoms with Crippen LogP contribution in [0.5, 0.6) is 0 Å². The van der Waals surface area contributed by atoms with Crippen LogP contribution in [0, 0.1) is 0 Å². The van der Waals surface area contributed by atoms with Crippen LogP contribution in [-0.4, -0.2) is 24.2 Å². The summed E-state index contributed by atoms with van der Waals surface area (Å²) in [4.78, 5) is 33.8. The van der Waals surface area contributed by atoms with Crippen molar-refractivity contribution >= 4 is 17.9 Å². The van der Waals surface area contributed by atoms with E-state index >= 15 is 0 Å². The first-order valence-corrected chi connectivity index (χ1v) is 3.17. The number of amides is 2. The Balaban J connectivity index is 4.12. The minimum atomic E-state index is -1.02. The second-order valence-corrected chi connectivity index (χ2v) is 2.02. The number of rotatable bonds is 3. The van der Waals surface area contributed by atoms with E-state index in [0.29, 0.717) is 0 Å². The fourth-order valence-electron chi connectivity index (χ4n) is 0.538. The molecule has 0 aliphatic heterocycles. The number of isocyanates is 1. The molecular weight excluding hydrogens is 162 g/mol. The Morgan fingerprint density at radius 2 is 1.67 bits per heavy atom. The first-order valence-electron chi connectivity index (χ1n) is 3.17. The van der Waals surface area contributed by atoms with Crippen LogP contribution in [0.15, 0.2) is 4.99 Å². The number of nitrogens with one attached hydrogen (secondary N) is 2. The smallest absolute Gasteiger partial charge is 0.238 e. The third kappa shape index (κ3) is 5.13. The summed E-state index contributed by atoms with van der Waals surface area (Å²) in [5.74, 6) is -0.791. The number of hydrogen-bond donors (Lipinski definition) is 2. The maximum Gasteiger partial charge on any atom is 0.238 e. The predicted octanol–water partition coefficient (Wildman–Crippen LogP) is -1.12. The first kappa shape index (κ1) is 10.3. The molecule has 66 valence electrons. The van der Waals surface area contributed by atoms with Gasteiger partial charge in [-0.3, -0.25) is 9.59 Å². The highest BCUT2D eigenvalue weighted by Crippen LogP contribution is 1.78. The molecule has 6 nitrogen and oxygen atoms in total. The van der Waals surface area contributed by atoms with E-state index < -0.39 is 18.1 Å². The second-order valence-electron chi connectivity index (χ2n) is 2.02. The molecule has 0 aliphatic carbocycles. The van der Waals surface area contributed by atoms with Gasteiger partial charge < -0.3 is 10.6 Å². The van der Waals surface area contributed by atoms with E-state index in [9.17, 15) is 14.4 Å². The topological polar surface area (TPSA) is 87.6 Å². The molecule has 0 fully saturated rings. The van der Waals surface area contributed by atoms with Crippen LogP contribution in [0.1, 0.15) is 13.8 Å². The lowest BCUT2D eigenvalue weighted by Crippen LogP contribution is -2.45. The SMILES string of the molecule is CC(=O)NC(N=C=O)NC(C)=O. The summed E-state index contributed by atoms with van der Waals surface area (Å²) in [5, 5.41) is 4.42. The highest BCUT2D eigenvalue weighted by Gasteiger charge is 2.07. The third-order valence-electron chi connectivity index (χ3n) is 0.862. The lowest BCUT2D eigenvalue weighted by atomic mass is 10.6. The average molecular weight is 171 g/mol. The van der Waals surface area contributed by atoms with Gasteiger partial charge in [0.25, 0.3) is 0 Å². The fourth-order valence-corrected chi connectivity index (χ4v) is 0.538. The van der Waals surface area contributed by atoms with Gasteiger partial charge in [0.15, 0.2) is 0 Å². The summed E-state index contributed by atoms with van der Waals surface area (Å²) in [6.45, 7) is 2.49. The van der Waals surface area contributed by atoms with E-state index in [2.05, 4.69) is 15.6 Å². The molecule has 0 rings (SSSR count). The van der Waals surface area contributed by atoms with Gasteiger partial charge in [-0.15, -0.1) is 0 Å². The highest BCUT2D eigenvalue weighted by atomic mass is 16.2. The van der Waals surface area contributed by atoms with Crippen molar-refractivity contribution < 1.29 is 14.4 Å². The maximum atomic E-state index is 10.5. The van der Waals surface area contributed by atoms with Gasteiger partial charge in [0.1, 0.15) is 0 Å². The van der Waals surface area contributed by atoms with Crippen LogP contribution in [0.4, 0.5) is 0 Å². The van der Waals surface area contributed by atoms with Crippen molar-refractivity contribution in [3.8, 4) is 0 Å². The summed E-state index contributed by atoms with van der Waals surface area (Å²) in [6, 6.07) is 0. The van der Waals surface area contributed by atoms with Gasteiger partial charge in [-0.05, 0) is 0 Å². The largest absolute Gasteiger partial charge is 0.317 e. The predicted molar refractivity (Wildman–Crippen MR) is 39.5 cm³/mol. The van der Waals surface area contributed by atoms with Crippen molar-refractivity contribution in [2.24, 2.45) is 4.99 Å². The molecule has 0 spiro atoms. The molecule has 2 amide bonds. The molecule has 0 heterocycles. The van der Waals surface area contributed by atoms with Crippen LogP contribution in [0.3, 0.4) is 0 Å². The van der Waals surface area contributed by atoms with Crippen molar-refractivity contribution in [3.05, 3.63) is 0 Å². The molecule has 2 N–H and O–H groups in total. The van der Waals surface area contributed by atoms with E-state index in [1.54, 1.807) is 0 Å². The molecule has 0 saturated carbocycles. The molecule has 6 heteroatoms. The zero-order chi connectivity index (χ0) is 9.56.